The lowest BCUT2D eigenvalue weighted by molar-refractivity contribution is -0.274. The second-order valence-corrected chi connectivity index (χ2v) is 4.00. The molecule has 0 amide bonds. The van der Waals surface area contributed by atoms with E-state index >= 15 is 0 Å². The lowest BCUT2D eigenvalue weighted by Crippen LogP contribution is -2.17. The van der Waals surface area contributed by atoms with Crippen molar-refractivity contribution in [2.75, 3.05) is 0 Å². The maximum atomic E-state index is 12.0. The predicted molar refractivity (Wildman–Crippen MR) is 65.7 cm³/mol. The summed E-state index contributed by atoms with van der Waals surface area (Å²) in [6.45, 7) is 1.08. The molecule has 2 aromatic rings. The quantitative estimate of drug-likeness (QED) is 0.916. The van der Waals surface area contributed by atoms with Gasteiger partial charge in [-0.3, -0.25) is 0 Å². The first-order valence-corrected chi connectivity index (χ1v) is 5.83. The molecule has 0 spiro atoms. The Balaban J connectivity index is 1.82. The monoisotopic (exact) mass is 283 g/mol. The van der Waals surface area contributed by atoms with Gasteiger partial charge in [-0.15, -0.1) is 13.2 Å². The molecule has 0 aliphatic rings. The van der Waals surface area contributed by atoms with E-state index in [1.54, 1.807) is 24.4 Å². The minimum atomic E-state index is -4.66. The van der Waals surface area contributed by atoms with Crippen LogP contribution in [0.4, 0.5) is 13.2 Å². The summed E-state index contributed by atoms with van der Waals surface area (Å²) in [6, 6.07) is 7.51. The SMILES string of the molecule is FC(F)(F)Oc1ccc(CNCc2ccncn2)cc1. The van der Waals surface area contributed by atoms with Crippen molar-refractivity contribution < 1.29 is 17.9 Å². The zero-order valence-corrected chi connectivity index (χ0v) is 10.4. The summed E-state index contributed by atoms with van der Waals surface area (Å²) < 4.78 is 39.7. The Labute approximate surface area is 113 Å². The Bertz CT molecular complexity index is 529. The van der Waals surface area contributed by atoms with Gasteiger partial charge in [-0.2, -0.15) is 0 Å². The van der Waals surface area contributed by atoms with E-state index in [2.05, 4.69) is 20.0 Å². The first kappa shape index (κ1) is 14.3. The molecular formula is C13H12F3N3O. The zero-order chi connectivity index (χ0) is 14.4. The van der Waals surface area contributed by atoms with Gasteiger partial charge in [-0.1, -0.05) is 12.1 Å². The third-order valence-electron chi connectivity index (χ3n) is 2.44. The molecule has 1 aromatic carbocycles. The summed E-state index contributed by atoms with van der Waals surface area (Å²) in [7, 11) is 0. The van der Waals surface area contributed by atoms with Crippen molar-refractivity contribution in [1.29, 1.82) is 0 Å². The van der Waals surface area contributed by atoms with Gasteiger partial charge in [-0.05, 0) is 23.8 Å². The van der Waals surface area contributed by atoms with Crippen LogP contribution in [0.25, 0.3) is 0 Å². The van der Waals surface area contributed by atoms with E-state index in [9.17, 15) is 13.2 Å². The molecule has 1 heterocycles. The van der Waals surface area contributed by atoms with Crippen LogP contribution in [0.15, 0.2) is 42.9 Å². The molecular weight excluding hydrogens is 271 g/mol. The molecule has 0 unspecified atom stereocenters. The van der Waals surface area contributed by atoms with Gasteiger partial charge in [0, 0.05) is 19.3 Å². The zero-order valence-electron chi connectivity index (χ0n) is 10.4. The van der Waals surface area contributed by atoms with E-state index in [1.807, 2.05) is 0 Å². The molecule has 4 nitrogen and oxygen atoms in total. The Morgan fingerprint density at radius 1 is 1.05 bits per heavy atom. The van der Waals surface area contributed by atoms with Crippen LogP contribution in [0.5, 0.6) is 5.75 Å². The molecule has 0 saturated carbocycles. The minimum Gasteiger partial charge on any atom is -0.406 e. The lowest BCUT2D eigenvalue weighted by Gasteiger charge is -2.09. The number of benzene rings is 1. The molecule has 20 heavy (non-hydrogen) atoms. The molecule has 0 radical (unpaired) electrons. The number of aromatic nitrogens is 2. The number of halogens is 3. The van der Waals surface area contributed by atoms with Gasteiger partial charge in [0.15, 0.2) is 0 Å². The molecule has 0 aliphatic heterocycles. The van der Waals surface area contributed by atoms with Crippen molar-refractivity contribution in [1.82, 2.24) is 15.3 Å². The highest BCUT2D eigenvalue weighted by Crippen LogP contribution is 2.22. The van der Waals surface area contributed by atoms with E-state index in [1.165, 1.54) is 18.5 Å². The van der Waals surface area contributed by atoms with E-state index < -0.39 is 6.36 Å². The van der Waals surface area contributed by atoms with Gasteiger partial charge in [-0.25, -0.2) is 9.97 Å². The number of ether oxygens (including phenoxy) is 1. The van der Waals surface area contributed by atoms with Gasteiger partial charge in [0.25, 0.3) is 0 Å². The molecule has 0 aliphatic carbocycles. The van der Waals surface area contributed by atoms with Gasteiger partial charge in [0.1, 0.15) is 12.1 Å². The largest absolute Gasteiger partial charge is 0.573 e. The van der Waals surface area contributed by atoms with Crippen LogP contribution in [0.2, 0.25) is 0 Å². The number of hydrogen-bond donors (Lipinski definition) is 1. The number of rotatable bonds is 5. The average molecular weight is 283 g/mol. The molecule has 0 atom stereocenters. The maximum absolute atomic E-state index is 12.0. The highest BCUT2D eigenvalue weighted by molar-refractivity contribution is 5.27. The molecule has 0 bridgehead atoms. The smallest absolute Gasteiger partial charge is 0.406 e. The highest BCUT2D eigenvalue weighted by Gasteiger charge is 2.30. The lowest BCUT2D eigenvalue weighted by atomic mass is 10.2. The summed E-state index contributed by atoms with van der Waals surface area (Å²) in [6.07, 6.45) is -1.56. The van der Waals surface area contributed by atoms with Crippen molar-refractivity contribution in [3.8, 4) is 5.75 Å². The summed E-state index contributed by atoms with van der Waals surface area (Å²) in [4.78, 5) is 7.85. The highest BCUT2D eigenvalue weighted by atomic mass is 19.4. The Morgan fingerprint density at radius 2 is 1.80 bits per heavy atom. The normalized spacial score (nSPS) is 11.3. The molecule has 106 valence electrons. The van der Waals surface area contributed by atoms with Gasteiger partial charge >= 0.3 is 6.36 Å². The molecule has 2 rings (SSSR count). The first-order chi connectivity index (χ1) is 9.53. The molecule has 0 fully saturated rings. The maximum Gasteiger partial charge on any atom is 0.573 e. The van der Waals surface area contributed by atoms with E-state index in [4.69, 9.17) is 0 Å². The standard InChI is InChI=1S/C13H12F3N3O/c14-13(15,16)20-12-3-1-10(2-4-12)7-18-8-11-5-6-17-9-19-11/h1-6,9,18H,7-8H2. The van der Waals surface area contributed by atoms with Crippen LogP contribution in [0.1, 0.15) is 11.3 Å². The number of nitrogens with one attached hydrogen (secondary N) is 1. The third kappa shape index (κ3) is 4.85. The summed E-state index contributed by atoms with van der Waals surface area (Å²) >= 11 is 0. The Morgan fingerprint density at radius 3 is 2.40 bits per heavy atom. The fourth-order valence-corrected chi connectivity index (χ4v) is 1.57. The second kappa shape index (κ2) is 6.33. The van der Waals surface area contributed by atoms with E-state index in [0.29, 0.717) is 13.1 Å². The van der Waals surface area contributed by atoms with Crippen LogP contribution in [-0.4, -0.2) is 16.3 Å². The van der Waals surface area contributed by atoms with Crippen molar-refractivity contribution in [2.24, 2.45) is 0 Å². The summed E-state index contributed by atoms with van der Waals surface area (Å²) in [5.41, 5.74) is 1.70. The van der Waals surface area contributed by atoms with Gasteiger partial charge < -0.3 is 10.1 Å². The molecule has 0 saturated heterocycles. The topological polar surface area (TPSA) is 47.0 Å². The Kier molecular flexibility index (Phi) is 4.52. The molecule has 1 aromatic heterocycles. The van der Waals surface area contributed by atoms with E-state index in [0.717, 1.165) is 11.3 Å². The van der Waals surface area contributed by atoms with Crippen molar-refractivity contribution in [3.63, 3.8) is 0 Å². The Hall–Kier alpha value is -2.15. The van der Waals surface area contributed by atoms with Crippen molar-refractivity contribution in [2.45, 2.75) is 19.5 Å². The predicted octanol–water partition coefficient (Wildman–Crippen LogP) is 2.67. The number of alkyl halides is 3. The van der Waals surface area contributed by atoms with Crippen LogP contribution in [-0.2, 0) is 13.1 Å². The van der Waals surface area contributed by atoms with Crippen molar-refractivity contribution in [3.05, 3.63) is 54.1 Å². The van der Waals surface area contributed by atoms with Crippen LogP contribution in [0.3, 0.4) is 0 Å². The average Bonchev–Trinajstić information content (AvgIpc) is 2.40. The molecule has 7 heteroatoms. The van der Waals surface area contributed by atoms with E-state index in [-0.39, 0.29) is 5.75 Å². The second-order valence-electron chi connectivity index (χ2n) is 4.00. The van der Waals surface area contributed by atoms with Crippen LogP contribution >= 0.6 is 0 Å². The van der Waals surface area contributed by atoms with Gasteiger partial charge in [0.05, 0.1) is 5.69 Å². The molecule has 1 N–H and O–H groups in total. The fourth-order valence-electron chi connectivity index (χ4n) is 1.57. The minimum absolute atomic E-state index is 0.225. The fraction of sp³-hybridized carbons (Fsp3) is 0.231. The third-order valence-corrected chi connectivity index (χ3v) is 2.44. The summed E-state index contributed by atoms with van der Waals surface area (Å²) in [5.74, 6) is -0.225. The number of hydrogen-bond acceptors (Lipinski definition) is 4. The van der Waals surface area contributed by atoms with Crippen molar-refractivity contribution >= 4 is 0 Å². The van der Waals surface area contributed by atoms with Crippen LogP contribution in [0, 0.1) is 0 Å². The number of nitrogens with zero attached hydrogens (tertiary/aromatic N) is 2. The van der Waals surface area contributed by atoms with Gasteiger partial charge in [0.2, 0.25) is 0 Å². The first-order valence-electron chi connectivity index (χ1n) is 5.83. The summed E-state index contributed by atoms with van der Waals surface area (Å²) in [5, 5.41) is 3.13. The van der Waals surface area contributed by atoms with Crippen LogP contribution < -0.4 is 10.1 Å².